The molecule has 0 atom stereocenters. The first kappa shape index (κ1) is 16.2. The number of halogens is 1. The summed E-state index contributed by atoms with van der Waals surface area (Å²) in [7, 11) is 0. The van der Waals surface area contributed by atoms with Crippen molar-refractivity contribution >= 4 is 34.6 Å². The summed E-state index contributed by atoms with van der Waals surface area (Å²) in [4.78, 5) is 11.9. The zero-order valence-corrected chi connectivity index (χ0v) is 13.5. The highest BCUT2D eigenvalue weighted by Gasteiger charge is 2.08. The number of nitrogen functional groups attached to an aromatic ring is 1. The average Bonchev–Trinajstić information content (AvgIpc) is 2.50. The van der Waals surface area contributed by atoms with Crippen molar-refractivity contribution < 1.29 is 4.79 Å². The summed E-state index contributed by atoms with van der Waals surface area (Å²) in [6, 6.07) is 10.9. The van der Waals surface area contributed by atoms with Crippen molar-refractivity contribution in [3.05, 3.63) is 52.5 Å². The van der Waals surface area contributed by atoms with Crippen LogP contribution in [0.25, 0.3) is 0 Å². The van der Waals surface area contributed by atoms with Crippen molar-refractivity contribution in [3.63, 3.8) is 0 Å². The number of carbonyl (C=O) groups excluding carboxylic acids is 1. The van der Waals surface area contributed by atoms with E-state index in [1.54, 1.807) is 18.2 Å². The van der Waals surface area contributed by atoms with E-state index in [-0.39, 0.29) is 5.91 Å². The Bertz CT molecular complexity index is 686. The summed E-state index contributed by atoms with van der Waals surface area (Å²) in [6.07, 6.45) is 0.898. The van der Waals surface area contributed by atoms with Gasteiger partial charge in [0.15, 0.2) is 0 Å². The quantitative estimate of drug-likeness (QED) is 0.727. The van der Waals surface area contributed by atoms with Crippen molar-refractivity contribution in [1.29, 1.82) is 0 Å². The van der Waals surface area contributed by atoms with E-state index in [9.17, 15) is 4.79 Å². The molecule has 2 aromatic rings. The lowest BCUT2D eigenvalue weighted by atomic mass is 10.1. The number of anilines is 3. The molecule has 0 spiro atoms. The Labute approximate surface area is 135 Å². The second-order valence-electron chi connectivity index (χ2n) is 5.15. The smallest absolute Gasteiger partial charge is 0.251 e. The Morgan fingerprint density at radius 1 is 1.23 bits per heavy atom. The van der Waals surface area contributed by atoms with Crippen LogP contribution in [0.15, 0.2) is 36.4 Å². The highest BCUT2D eigenvalue weighted by Crippen LogP contribution is 2.27. The fourth-order valence-corrected chi connectivity index (χ4v) is 2.17. The number of nitrogens with two attached hydrogens (primary N) is 1. The molecule has 0 unspecified atom stereocenters. The van der Waals surface area contributed by atoms with Gasteiger partial charge in [0.25, 0.3) is 5.91 Å². The van der Waals surface area contributed by atoms with Gasteiger partial charge in [-0.15, -0.1) is 0 Å². The number of carbonyl (C=O) groups is 1. The maximum atomic E-state index is 11.9. The predicted molar refractivity (Wildman–Crippen MR) is 93.0 cm³/mol. The topological polar surface area (TPSA) is 67.2 Å². The second kappa shape index (κ2) is 7.18. The maximum Gasteiger partial charge on any atom is 0.251 e. The Hall–Kier alpha value is -2.20. The molecule has 0 saturated heterocycles. The number of rotatable bonds is 5. The van der Waals surface area contributed by atoms with Crippen LogP contribution in [-0.2, 0) is 0 Å². The standard InChI is InChI=1S/C17H20ClN3O/c1-3-8-20-17(22)12-5-7-16(15(19)9-12)21-13-6-4-11(2)14(18)10-13/h4-7,9-10,21H,3,8,19H2,1-2H3,(H,20,22). The molecule has 2 aromatic carbocycles. The molecule has 0 fully saturated rings. The van der Waals surface area contributed by atoms with E-state index in [4.69, 9.17) is 17.3 Å². The minimum Gasteiger partial charge on any atom is -0.397 e. The molecule has 116 valence electrons. The molecule has 0 aliphatic rings. The van der Waals surface area contributed by atoms with E-state index in [2.05, 4.69) is 10.6 Å². The maximum absolute atomic E-state index is 11.9. The van der Waals surface area contributed by atoms with E-state index in [1.165, 1.54) is 0 Å². The number of amides is 1. The van der Waals surface area contributed by atoms with Crippen molar-refractivity contribution in [2.24, 2.45) is 0 Å². The van der Waals surface area contributed by atoms with Crippen LogP contribution >= 0.6 is 11.6 Å². The fourth-order valence-electron chi connectivity index (χ4n) is 1.98. The molecular formula is C17H20ClN3O. The lowest BCUT2D eigenvalue weighted by molar-refractivity contribution is 0.0953. The minimum atomic E-state index is -0.113. The SMILES string of the molecule is CCCNC(=O)c1ccc(Nc2ccc(C)c(Cl)c2)c(N)c1. The summed E-state index contributed by atoms with van der Waals surface area (Å²) >= 11 is 6.11. The Kier molecular flexibility index (Phi) is 5.28. The van der Waals surface area contributed by atoms with Crippen LogP contribution in [0.5, 0.6) is 0 Å². The Balaban J connectivity index is 2.15. The number of hydrogen-bond donors (Lipinski definition) is 3. The highest BCUT2D eigenvalue weighted by atomic mass is 35.5. The summed E-state index contributed by atoms with van der Waals surface area (Å²) in [5.41, 5.74) is 9.71. The van der Waals surface area contributed by atoms with E-state index >= 15 is 0 Å². The van der Waals surface area contributed by atoms with Crippen LogP contribution in [-0.4, -0.2) is 12.5 Å². The fraction of sp³-hybridized carbons (Fsp3) is 0.235. The summed E-state index contributed by atoms with van der Waals surface area (Å²) in [5, 5.41) is 6.73. The van der Waals surface area contributed by atoms with E-state index in [1.807, 2.05) is 32.0 Å². The van der Waals surface area contributed by atoms with Gasteiger partial charge in [-0.05, 0) is 49.2 Å². The first-order chi connectivity index (χ1) is 10.5. The molecule has 4 N–H and O–H groups in total. The van der Waals surface area contributed by atoms with Crippen LogP contribution in [0.4, 0.5) is 17.1 Å². The first-order valence-corrected chi connectivity index (χ1v) is 7.60. The largest absolute Gasteiger partial charge is 0.397 e. The van der Waals surface area contributed by atoms with Gasteiger partial charge < -0.3 is 16.4 Å². The van der Waals surface area contributed by atoms with Crippen LogP contribution < -0.4 is 16.4 Å². The van der Waals surface area contributed by atoms with Crippen molar-refractivity contribution in [3.8, 4) is 0 Å². The molecule has 0 aliphatic heterocycles. The van der Waals surface area contributed by atoms with Crippen molar-refractivity contribution in [2.75, 3.05) is 17.6 Å². The van der Waals surface area contributed by atoms with Crippen LogP contribution in [0.3, 0.4) is 0 Å². The van der Waals surface area contributed by atoms with Gasteiger partial charge in [-0.25, -0.2) is 0 Å². The lowest BCUT2D eigenvalue weighted by Gasteiger charge is -2.12. The van der Waals surface area contributed by atoms with Gasteiger partial charge in [0.1, 0.15) is 0 Å². The zero-order chi connectivity index (χ0) is 16.1. The Morgan fingerprint density at radius 3 is 2.64 bits per heavy atom. The molecule has 0 aliphatic carbocycles. The number of nitrogens with one attached hydrogen (secondary N) is 2. The van der Waals surface area contributed by atoms with Crippen LogP contribution in [0.1, 0.15) is 29.3 Å². The van der Waals surface area contributed by atoms with Crippen molar-refractivity contribution in [1.82, 2.24) is 5.32 Å². The number of hydrogen-bond acceptors (Lipinski definition) is 3. The molecule has 0 bridgehead atoms. The van der Waals surface area contributed by atoms with Crippen molar-refractivity contribution in [2.45, 2.75) is 20.3 Å². The second-order valence-corrected chi connectivity index (χ2v) is 5.55. The summed E-state index contributed by atoms with van der Waals surface area (Å²) in [6.45, 7) is 4.61. The molecule has 0 heterocycles. The summed E-state index contributed by atoms with van der Waals surface area (Å²) < 4.78 is 0. The molecular weight excluding hydrogens is 298 g/mol. The Morgan fingerprint density at radius 2 is 2.00 bits per heavy atom. The highest BCUT2D eigenvalue weighted by molar-refractivity contribution is 6.31. The monoisotopic (exact) mass is 317 g/mol. The predicted octanol–water partition coefficient (Wildman–Crippen LogP) is 4.11. The molecule has 1 amide bonds. The van der Waals surface area contributed by atoms with Gasteiger partial charge in [0, 0.05) is 22.8 Å². The average molecular weight is 318 g/mol. The lowest BCUT2D eigenvalue weighted by Crippen LogP contribution is -2.24. The summed E-state index contributed by atoms with van der Waals surface area (Å²) in [5.74, 6) is -0.113. The molecule has 0 saturated carbocycles. The first-order valence-electron chi connectivity index (χ1n) is 7.22. The normalized spacial score (nSPS) is 10.3. The van der Waals surface area contributed by atoms with E-state index in [0.717, 1.165) is 23.4 Å². The molecule has 4 nitrogen and oxygen atoms in total. The zero-order valence-electron chi connectivity index (χ0n) is 12.7. The van der Waals surface area contributed by atoms with Gasteiger partial charge in [-0.2, -0.15) is 0 Å². The number of aryl methyl sites for hydroxylation is 1. The van der Waals surface area contributed by atoms with Crippen LogP contribution in [0.2, 0.25) is 5.02 Å². The van der Waals surface area contributed by atoms with Crippen LogP contribution in [0, 0.1) is 6.92 Å². The third-order valence-corrected chi connectivity index (χ3v) is 3.71. The van der Waals surface area contributed by atoms with Gasteiger partial charge >= 0.3 is 0 Å². The molecule has 0 radical (unpaired) electrons. The minimum absolute atomic E-state index is 0.113. The molecule has 5 heteroatoms. The van der Waals surface area contributed by atoms with Gasteiger partial charge in [-0.3, -0.25) is 4.79 Å². The van der Waals surface area contributed by atoms with E-state index < -0.39 is 0 Å². The third kappa shape index (κ3) is 3.92. The molecule has 2 rings (SSSR count). The molecule has 0 aromatic heterocycles. The number of benzene rings is 2. The van der Waals surface area contributed by atoms with Gasteiger partial charge in [0.05, 0.1) is 11.4 Å². The van der Waals surface area contributed by atoms with Gasteiger partial charge in [0.2, 0.25) is 0 Å². The molecule has 22 heavy (non-hydrogen) atoms. The third-order valence-electron chi connectivity index (χ3n) is 3.30. The van der Waals surface area contributed by atoms with Gasteiger partial charge in [-0.1, -0.05) is 24.6 Å². The van der Waals surface area contributed by atoms with E-state index in [0.29, 0.717) is 22.8 Å².